The second-order valence-corrected chi connectivity index (χ2v) is 8.30. The van der Waals surface area contributed by atoms with E-state index in [4.69, 9.17) is 4.98 Å². The number of fused-ring (bicyclic) bond motifs is 2. The molecular weight excluding hydrogens is 429 g/mol. The van der Waals surface area contributed by atoms with Gasteiger partial charge in [-0.2, -0.15) is 4.98 Å². The van der Waals surface area contributed by atoms with Crippen molar-refractivity contribution in [2.24, 2.45) is 0 Å². The Morgan fingerprint density at radius 3 is 2.68 bits per heavy atom. The van der Waals surface area contributed by atoms with E-state index in [2.05, 4.69) is 24.8 Å². The third-order valence-corrected chi connectivity index (χ3v) is 5.91. The molecular formula is C26H26FN7. The maximum absolute atomic E-state index is 14.8. The third kappa shape index (κ3) is 4.52. The summed E-state index contributed by atoms with van der Waals surface area (Å²) in [6, 6.07) is 16.9. The second-order valence-electron chi connectivity index (χ2n) is 8.30. The van der Waals surface area contributed by atoms with Gasteiger partial charge in [0.1, 0.15) is 17.5 Å². The Bertz CT molecular complexity index is 1450. The summed E-state index contributed by atoms with van der Waals surface area (Å²) >= 11 is 0. The zero-order valence-electron chi connectivity index (χ0n) is 19.2. The number of imidazole rings is 1. The van der Waals surface area contributed by atoms with Crippen molar-refractivity contribution in [2.75, 3.05) is 23.8 Å². The van der Waals surface area contributed by atoms with Crippen molar-refractivity contribution in [3.63, 3.8) is 0 Å². The fourth-order valence-corrected chi connectivity index (χ4v) is 4.03. The molecule has 2 aromatic carbocycles. The first-order valence-corrected chi connectivity index (χ1v) is 11.3. The van der Waals surface area contributed by atoms with Crippen LogP contribution in [-0.4, -0.2) is 38.1 Å². The molecule has 0 unspecified atom stereocenters. The number of aromatic nitrogens is 5. The van der Waals surface area contributed by atoms with Crippen molar-refractivity contribution in [1.29, 1.82) is 0 Å². The van der Waals surface area contributed by atoms with Gasteiger partial charge in [0.25, 0.3) is 0 Å². The smallest absolute Gasteiger partial charge is 0.227 e. The molecule has 0 amide bonds. The third-order valence-electron chi connectivity index (χ3n) is 5.91. The van der Waals surface area contributed by atoms with Crippen LogP contribution in [0, 0.1) is 12.7 Å². The van der Waals surface area contributed by atoms with Crippen LogP contribution in [0.5, 0.6) is 0 Å². The number of pyridine rings is 1. The molecule has 0 radical (unpaired) electrons. The van der Waals surface area contributed by atoms with Gasteiger partial charge in [0, 0.05) is 37.9 Å². The van der Waals surface area contributed by atoms with Crippen LogP contribution in [0.25, 0.3) is 21.8 Å². The SMILES string of the molecule is Cc1nccn1CCCN(C)c1nc(NCc2ccc3ccccc3n2)c2c(F)cccc2n1. The van der Waals surface area contributed by atoms with Crippen LogP contribution in [0.2, 0.25) is 0 Å². The molecule has 0 aliphatic heterocycles. The Morgan fingerprint density at radius 2 is 1.82 bits per heavy atom. The summed E-state index contributed by atoms with van der Waals surface area (Å²) in [5.41, 5.74) is 2.35. The number of benzene rings is 2. The molecule has 0 spiro atoms. The number of rotatable bonds is 8. The fraction of sp³-hybridized carbons (Fsp3) is 0.231. The molecule has 3 aromatic heterocycles. The van der Waals surface area contributed by atoms with E-state index in [1.165, 1.54) is 6.07 Å². The maximum atomic E-state index is 14.8. The highest BCUT2D eigenvalue weighted by Crippen LogP contribution is 2.26. The minimum atomic E-state index is -0.351. The van der Waals surface area contributed by atoms with Gasteiger partial charge in [-0.05, 0) is 37.6 Å². The minimum absolute atomic E-state index is 0.351. The number of hydrogen-bond acceptors (Lipinski definition) is 6. The van der Waals surface area contributed by atoms with Crippen LogP contribution in [0.4, 0.5) is 16.2 Å². The average Bonchev–Trinajstić information content (AvgIpc) is 3.26. The molecule has 7 nitrogen and oxygen atoms in total. The highest BCUT2D eigenvalue weighted by atomic mass is 19.1. The van der Waals surface area contributed by atoms with Gasteiger partial charge in [-0.1, -0.05) is 30.3 Å². The molecule has 3 heterocycles. The molecule has 5 rings (SSSR count). The zero-order chi connectivity index (χ0) is 23.5. The highest BCUT2D eigenvalue weighted by Gasteiger charge is 2.14. The summed E-state index contributed by atoms with van der Waals surface area (Å²) in [6.45, 7) is 4.03. The average molecular weight is 456 g/mol. The Hall–Kier alpha value is -4.07. The van der Waals surface area contributed by atoms with Gasteiger partial charge >= 0.3 is 0 Å². The normalized spacial score (nSPS) is 11.3. The molecule has 0 aliphatic carbocycles. The number of aryl methyl sites for hydroxylation is 2. The lowest BCUT2D eigenvalue weighted by Gasteiger charge is -2.19. The van der Waals surface area contributed by atoms with Gasteiger partial charge in [0.15, 0.2) is 0 Å². The van der Waals surface area contributed by atoms with Gasteiger partial charge in [0.05, 0.1) is 28.7 Å². The van der Waals surface area contributed by atoms with Crippen LogP contribution in [-0.2, 0) is 13.1 Å². The van der Waals surface area contributed by atoms with E-state index in [9.17, 15) is 4.39 Å². The molecule has 1 N–H and O–H groups in total. The molecule has 0 bridgehead atoms. The van der Waals surface area contributed by atoms with E-state index in [1.807, 2.05) is 73.7 Å². The first kappa shape index (κ1) is 21.8. The van der Waals surface area contributed by atoms with E-state index in [0.29, 0.717) is 29.2 Å². The monoisotopic (exact) mass is 455 g/mol. The van der Waals surface area contributed by atoms with E-state index < -0.39 is 0 Å². The standard InChI is InChI=1S/C26H26FN7/c1-18-28-13-16-34(18)15-6-14-33(2)26-31-23-10-5-8-21(27)24(23)25(32-26)29-17-20-12-11-19-7-3-4-9-22(19)30-20/h3-5,7-13,16H,6,14-15,17H2,1-2H3,(H,29,31,32). The predicted molar refractivity (Wildman–Crippen MR) is 133 cm³/mol. The summed E-state index contributed by atoms with van der Waals surface area (Å²) < 4.78 is 16.9. The largest absolute Gasteiger partial charge is 0.364 e. The molecule has 34 heavy (non-hydrogen) atoms. The number of halogens is 1. The summed E-state index contributed by atoms with van der Waals surface area (Å²) in [6.07, 6.45) is 4.69. The molecule has 0 fully saturated rings. The summed E-state index contributed by atoms with van der Waals surface area (Å²) in [5, 5.41) is 4.76. The van der Waals surface area contributed by atoms with Crippen LogP contribution in [0.15, 0.2) is 67.0 Å². The topological polar surface area (TPSA) is 71.8 Å². The second kappa shape index (κ2) is 9.43. The highest BCUT2D eigenvalue weighted by molar-refractivity contribution is 5.90. The van der Waals surface area contributed by atoms with E-state index >= 15 is 0 Å². The number of hydrogen-bond donors (Lipinski definition) is 1. The number of nitrogens with zero attached hydrogens (tertiary/aromatic N) is 6. The summed E-state index contributed by atoms with van der Waals surface area (Å²) in [5.74, 6) is 1.66. The van der Waals surface area contributed by atoms with Crippen molar-refractivity contribution in [1.82, 2.24) is 24.5 Å². The Balaban J connectivity index is 1.37. The van der Waals surface area contributed by atoms with Gasteiger partial charge in [0.2, 0.25) is 5.95 Å². The van der Waals surface area contributed by atoms with Crippen LogP contribution in [0.1, 0.15) is 17.9 Å². The van der Waals surface area contributed by atoms with E-state index in [0.717, 1.165) is 41.9 Å². The summed E-state index contributed by atoms with van der Waals surface area (Å²) in [4.78, 5) is 20.3. The molecule has 0 saturated heterocycles. The van der Waals surface area contributed by atoms with Gasteiger partial charge in [-0.25, -0.2) is 14.4 Å². The van der Waals surface area contributed by atoms with Crippen molar-refractivity contribution in [2.45, 2.75) is 26.4 Å². The van der Waals surface area contributed by atoms with Crippen LogP contribution in [0.3, 0.4) is 0 Å². The summed E-state index contributed by atoms with van der Waals surface area (Å²) in [7, 11) is 1.95. The molecule has 5 aromatic rings. The van der Waals surface area contributed by atoms with Gasteiger partial charge in [-0.15, -0.1) is 0 Å². The molecule has 0 aliphatic rings. The number of nitrogens with one attached hydrogen (secondary N) is 1. The van der Waals surface area contributed by atoms with Crippen molar-refractivity contribution >= 4 is 33.6 Å². The zero-order valence-corrected chi connectivity index (χ0v) is 19.2. The first-order valence-electron chi connectivity index (χ1n) is 11.3. The number of para-hydroxylation sites is 1. The molecule has 0 saturated carbocycles. The molecule has 172 valence electrons. The van der Waals surface area contributed by atoms with Crippen LogP contribution >= 0.6 is 0 Å². The molecule has 8 heteroatoms. The molecule has 0 atom stereocenters. The Labute approximate surface area is 197 Å². The van der Waals surface area contributed by atoms with Crippen molar-refractivity contribution < 1.29 is 4.39 Å². The van der Waals surface area contributed by atoms with Crippen molar-refractivity contribution in [3.05, 3.63) is 84.3 Å². The fourth-order valence-electron chi connectivity index (χ4n) is 4.03. The lowest BCUT2D eigenvalue weighted by atomic mass is 10.2. The lowest BCUT2D eigenvalue weighted by molar-refractivity contribution is 0.619. The Morgan fingerprint density at radius 1 is 0.971 bits per heavy atom. The predicted octanol–water partition coefficient (Wildman–Crippen LogP) is 4.96. The Kier molecular flexibility index (Phi) is 6.03. The lowest BCUT2D eigenvalue weighted by Crippen LogP contribution is -2.23. The van der Waals surface area contributed by atoms with Crippen molar-refractivity contribution in [3.8, 4) is 0 Å². The van der Waals surface area contributed by atoms with Crippen LogP contribution < -0.4 is 10.2 Å². The quantitative estimate of drug-likeness (QED) is 0.357. The van der Waals surface area contributed by atoms with E-state index in [-0.39, 0.29) is 5.82 Å². The minimum Gasteiger partial charge on any atom is -0.364 e. The number of anilines is 2. The maximum Gasteiger partial charge on any atom is 0.227 e. The van der Waals surface area contributed by atoms with Gasteiger partial charge < -0.3 is 14.8 Å². The first-order chi connectivity index (χ1) is 16.6. The van der Waals surface area contributed by atoms with Gasteiger partial charge in [-0.3, -0.25) is 4.98 Å². The van der Waals surface area contributed by atoms with E-state index in [1.54, 1.807) is 6.07 Å².